The van der Waals surface area contributed by atoms with Crippen molar-refractivity contribution in [1.82, 2.24) is 4.98 Å². The summed E-state index contributed by atoms with van der Waals surface area (Å²) in [6, 6.07) is 2.20. The van der Waals surface area contributed by atoms with E-state index in [4.69, 9.17) is 0 Å². The Morgan fingerprint density at radius 1 is 1.07 bits per heavy atom. The van der Waals surface area contributed by atoms with E-state index in [1.165, 1.54) is 11.1 Å². The maximum atomic E-state index is 4.52. The van der Waals surface area contributed by atoms with Crippen LogP contribution in [0.15, 0.2) is 24.4 Å². The van der Waals surface area contributed by atoms with Crippen molar-refractivity contribution in [3.05, 3.63) is 41.2 Å². The van der Waals surface area contributed by atoms with Crippen LogP contribution in [0.5, 0.6) is 0 Å². The van der Waals surface area contributed by atoms with E-state index < -0.39 is 0 Å². The van der Waals surface area contributed by atoms with E-state index in [1.807, 2.05) is 6.20 Å². The molecule has 0 fully saturated rings. The number of aromatic nitrogens is 1. The third-order valence-corrected chi connectivity index (χ3v) is 2.60. The number of hydrogen-bond acceptors (Lipinski definition) is 1. The van der Waals surface area contributed by atoms with Crippen molar-refractivity contribution in [3.63, 3.8) is 0 Å². The van der Waals surface area contributed by atoms with Gasteiger partial charge in [0.25, 0.3) is 0 Å². The van der Waals surface area contributed by atoms with Gasteiger partial charge in [-0.2, -0.15) is 0 Å². The van der Waals surface area contributed by atoms with Crippen molar-refractivity contribution < 1.29 is 0 Å². The number of nitrogens with zero attached hydrogens (tertiary/aromatic N) is 1. The second-order valence-electron chi connectivity index (χ2n) is 4.99. The summed E-state index contributed by atoms with van der Waals surface area (Å²) in [5.74, 6) is 0. The molecule has 1 aromatic heterocycles. The normalized spacial score (nSPS) is 14.9. The van der Waals surface area contributed by atoms with Crippen LogP contribution in [0.4, 0.5) is 0 Å². The summed E-state index contributed by atoms with van der Waals surface area (Å²) in [6.45, 7) is 6.58. The van der Waals surface area contributed by atoms with Gasteiger partial charge in [-0.05, 0) is 23.6 Å². The van der Waals surface area contributed by atoms with E-state index in [-0.39, 0.29) is 5.41 Å². The molecule has 15 heavy (non-hydrogen) atoms. The van der Waals surface area contributed by atoms with Crippen molar-refractivity contribution in [2.45, 2.75) is 32.6 Å². The van der Waals surface area contributed by atoms with E-state index >= 15 is 0 Å². The van der Waals surface area contributed by atoms with E-state index in [1.54, 1.807) is 0 Å². The lowest BCUT2D eigenvalue weighted by molar-refractivity contribution is 0.568. The minimum atomic E-state index is 0.124. The smallest absolute Gasteiger partial charge is 0.0463 e. The molecule has 1 heteroatoms. The molecule has 1 heterocycles. The molecule has 0 aromatic carbocycles. The highest BCUT2D eigenvalue weighted by Crippen LogP contribution is 2.24. The quantitative estimate of drug-likeness (QED) is 0.619. The minimum absolute atomic E-state index is 0.124. The molecule has 0 spiro atoms. The molecule has 0 unspecified atom stereocenters. The number of pyridine rings is 1. The second-order valence-corrected chi connectivity index (χ2v) is 4.99. The molecular weight excluding hydrogens is 182 g/mol. The van der Waals surface area contributed by atoms with Gasteiger partial charge in [0.1, 0.15) is 0 Å². The van der Waals surface area contributed by atoms with Crippen molar-refractivity contribution in [2.24, 2.45) is 0 Å². The molecule has 0 amide bonds. The SMILES string of the molecule is CC(C)(C)c1cc2c(cn1)C=CCC=C2. The van der Waals surface area contributed by atoms with E-state index in [2.05, 4.69) is 56.1 Å². The fourth-order valence-corrected chi connectivity index (χ4v) is 1.64. The van der Waals surface area contributed by atoms with Crippen LogP contribution in [0.1, 0.15) is 44.0 Å². The van der Waals surface area contributed by atoms with Gasteiger partial charge in [-0.3, -0.25) is 4.98 Å². The lowest BCUT2D eigenvalue weighted by Gasteiger charge is -2.18. The first-order chi connectivity index (χ1) is 7.07. The van der Waals surface area contributed by atoms with Gasteiger partial charge in [-0.25, -0.2) is 0 Å². The van der Waals surface area contributed by atoms with Crippen molar-refractivity contribution in [1.29, 1.82) is 0 Å². The maximum absolute atomic E-state index is 4.52. The largest absolute Gasteiger partial charge is 0.260 e. The molecule has 0 aliphatic heterocycles. The molecule has 0 saturated heterocycles. The molecule has 1 nitrogen and oxygen atoms in total. The monoisotopic (exact) mass is 199 g/mol. The van der Waals surface area contributed by atoms with Gasteiger partial charge < -0.3 is 0 Å². The van der Waals surface area contributed by atoms with Crippen LogP contribution < -0.4 is 0 Å². The Kier molecular flexibility index (Phi) is 2.47. The van der Waals surface area contributed by atoms with Gasteiger partial charge in [-0.1, -0.05) is 45.1 Å². The zero-order valence-corrected chi connectivity index (χ0v) is 9.62. The fourth-order valence-electron chi connectivity index (χ4n) is 1.64. The second kappa shape index (κ2) is 3.65. The molecule has 1 aliphatic carbocycles. The van der Waals surface area contributed by atoms with Crippen molar-refractivity contribution in [2.75, 3.05) is 0 Å². The summed E-state index contributed by atoms with van der Waals surface area (Å²) >= 11 is 0. The van der Waals surface area contributed by atoms with Gasteiger partial charge in [0, 0.05) is 17.3 Å². The summed E-state index contributed by atoms with van der Waals surface area (Å²) in [5, 5.41) is 0. The molecule has 1 aliphatic rings. The Morgan fingerprint density at radius 2 is 1.73 bits per heavy atom. The van der Waals surface area contributed by atoms with Crippen LogP contribution in [0.3, 0.4) is 0 Å². The highest BCUT2D eigenvalue weighted by atomic mass is 14.7. The molecule has 0 bridgehead atoms. The first-order valence-corrected chi connectivity index (χ1v) is 5.41. The van der Waals surface area contributed by atoms with E-state index in [0.29, 0.717) is 0 Å². The molecule has 1 aromatic rings. The topological polar surface area (TPSA) is 12.9 Å². The Bertz CT molecular complexity index is 419. The summed E-state index contributed by atoms with van der Waals surface area (Å²) in [4.78, 5) is 4.52. The maximum Gasteiger partial charge on any atom is 0.0463 e. The van der Waals surface area contributed by atoms with Crippen LogP contribution >= 0.6 is 0 Å². The standard InChI is InChI=1S/C14H17N/c1-14(2,3)13-9-11-7-5-4-6-8-12(11)10-15-13/h5-10H,4H2,1-3H3. The Hall–Kier alpha value is -1.37. The predicted octanol–water partition coefficient (Wildman–Crippen LogP) is 3.81. The molecular formula is C14H17N. The summed E-state index contributed by atoms with van der Waals surface area (Å²) in [6.07, 6.45) is 11.7. The zero-order valence-electron chi connectivity index (χ0n) is 9.62. The fraction of sp³-hybridized carbons (Fsp3) is 0.357. The first kappa shape index (κ1) is 10.2. The van der Waals surface area contributed by atoms with Gasteiger partial charge in [0.2, 0.25) is 0 Å². The minimum Gasteiger partial charge on any atom is -0.260 e. The van der Waals surface area contributed by atoms with E-state index in [9.17, 15) is 0 Å². The summed E-state index contributed by atoms with van der Waals surface area (Å²) in [7, 11) is 0. The lowest BCUT2D eigenvalue weighted by atomic mass is 9.90. The molecule has 0 atom stereocenters. The summed E-state index contributed by atoms with van der Waals surface area (Å²) in [5.41, 5.74) is 3.78. The van der Waals surface area contributed by atoms with Crippen LogP contribution in [-0.4, -0.2) is 4.98 Å². The molecule has 0 N–H and O–H groups in total. The van der Waals surface area contributed by atoms with Gasteiger partial charge in [0.05, 0.1) is 0 Å². The Labute approximate surface area is 91.6 Å². The van der Waals surface area contributed by atoms with Crippen LogP contribution in [0.2, 0.25) is 0 Å². The number of fused-ring (bicyclic) bond motifs is 1. The number of allylic oxidation sites excluding steroid dienone is 2. The van der Waals surface area contributed by atoms with Crippen molar-refractivity contribution in [3.8, 4) is 0 Å². The molecule has 0 radical (unpaired) electrons. The Balaban J connectivity index is 2.50. The first-order valence-electron chi connectivity index (χ1n) is 5.41. The van der Waals surface area contributed by atoms with Gasteiger partial charge in [0.15, 0.2) is 0 Å². The molecule has 2 rings (SSSR count). The number of hydrogen-bond donors (Lipinski definition) is 0. The predicted molar refractivity (Wildman–Crippen MR) is 65.6 cm³/mol. The van der Waals surface area contributed by atoms with Gasteiger partial charge in [-0.15, -0.1) is 0 Å². The molecule has 78 valence electrons. The number of rotatable bonds is 0. The third-order valence-electron chi connectivity index (χ3n) is 2.60. The third kappa shape index (κ3) is 2.17. The lowest BCUT2D eigenvalue weighted by Crippen LogP contribution is -2.13. The highest BCUT2D eigenvalue weighted by Gasteiger charge is 2.16. The van der Waals surface area contributed by atoms with Crippen molar-refractivity contribution >= 4 is 12.2 Å². The van der Waals surface area contributed by atoms with Crippen LogP contribution in [0, 0.1) is 0 Å². The average Bonchev–Trinajstić information content (AvgIpc) is 2.39. The average molecular weight is 199 g/mol. The Morgan fingerprint density at radius 3 is 2.40 bits per heavy atom. The highest BCUT2D eigenvalue weighted by molar-refractivity contribution is 5.67. The molecule has 0 saturated carbocycles. The van der Waals surface area contributed by atoms with Crippen LogP contribution in [-0.2, 0) is 5.41 Å². The van der Waals surface area contributed by atoms with E-state index in [0.717, 1.165) is 12.1 Å². The van der Waals surface area contributed by atoms with Crippen LogP contribution in [0.25, 0.3) is 12.2 Å². The summed E-state index contributed by atoms with van der Waals surface area (Å²) < 4.78 is 0. The zero-order chi connectivity index (χ0) is 10.9. The van der Waals surface area contributed by atoms with Gasteiger partial charge >= 0.3 is 0 Å².